The number of rotatable bonds is 4. The Morgan fingerprint density at radius 3 is 2.56 bits per heavy atom. The molecule has 0 aliphatic rings. The zero-order valence-corrected chi connectivity index (χ0v) is 12.1. The van der Waals surface area contributed by atoms with Gasteiger partial charge in [-0.1, -0.05) is 18.5 Å². The minimum absolute atomic E-state index is 0.161. The summed E-state index contributed by atoms with van der Waals surface area (Å²) in [5, 5.41) is 0.674. The summed E-state index contributed by atoms with van der Waals surface area (Å²) in [7, 11) is 0. The highest BCUT2D eigenvalue weighted by atomic mass is 35.5. The van der Waals surface area contributed by atoms with Gasteiger partial charge in [-0.05, 0) is 49.2 Å². The summed E-state index contributed by atoms with van der Waals surface area (Å²) in [4.78, 5) is 14.7. The van der Waals surface area contributed by atoms with Gasteiger partial charge in [0, 0.05) is 26.8 Å². The Hall–Kier alpha value is -1.12. The lowest BCUT2D eigenvalue weighted by atomic mass is 10.0. The lowest BCUT2D eigenvalue weighted by Crippen LogP contribution is -2.04. The second kappa shape index (κ2) is 5.68. The molecule has 0 saturated heterocycles. The molecule has 2 rings (SSSR count). The minimum atomic E-state index is 0.161. The number of ketones is 1. The minimum Gasteiger partial charge on any atom is -0.294 e. The first-order chi connectivity index (χ1) is 8.60. The molecule has 0 spiro atoms. The highest BCUT2D eigenvalue weighted by Gasteiger charge is 2.11. The van der Waals surface area contributed by atoms with Crippen molar-refractivity contribution in [3.63, 3.8) is 0 Å². The van der Waals surface area contributed by atoms with Crippen molar-refractivity contribution in [2.45, 2.75) is 26.7 Å². The third kappa shape index (κ3) is 3.01. The lowest BCUT2D eigenvalue weighted by Gasteiger charge is -2.04. The third-order valence-electron chi connectivity index (χ3n) is 2.89. The van der Waals surface area contributed by atoms with Crippen LogP contribution in [0.15, 0.2) is 30.3 Å². The third-order valence-corrected chi connectivity index (χ3v) is 4.35. The van der Waals surface area contributed by atoms with Gasteiger partial charge in [0.15, 0.2) is 5.78 Å². The predicted molar refractivity (Wildman–Crippen MR) is 77.9 cm³/mol. The fourth-order valence-electron chi connectivity index (χ4n) is 1.90. The lowest BCUT2D eigenvalue weighted by molar-refractivity contribution is 0.0993. The van der Waals surface area contributed by atoms with Crippen LogP contribution in [0.5, 0.6) is 0 Å². The maximum Gasteiger partial charge on any atom is 0.168 e. The van der Waals surface area contributed by atoms with E-state index in [1.165, 1.54) is 4.88 Å². The van der Waals surface area contributed by atoms with Crippen molar-refractivity contribution in [2.75, 3.05) is 0 Å². The summed E-state index contributed by atoms with van der Waals surface area (Å²) in [6.07, 6.45) is 1.51. The maximum absolute atomic E-state index is 12.2. The van der Waals surface area contributed by atoms with Crippen LogP contribution in [0.3, 0.4) is 0 Å². The summed E-state index contributed by atoms with van der Waals surface area (Å²) >= 11 is 7.61. The SMILES string of the molecule is CCc1ccc(CC(=O)c2ccc(Cl)cc2C)s1. The van der Waals surface area contributed by atoms with Gasteiger partial charge in [0.2, 0.25) is 0 Å². The van der Waals surface area contributed by atoms with Gasteiger partial charge in [0.05, 0.1) is 0 Å². The van der Waals surface area contributed by atoms with Crippen LogP contribution in [0, 0.1) is 6.92 Å². The van der Waals surface area contributed by atoms with E-state index >= 15 is 0 Å². The summed E-state index contributed by atoms with van der Waals surface area (Å²) in [6, 6.07) is 9.57. The van der Waals surface area contributed by atoms with E-state index in [0.717, 1.165) is 22.4 Å². The number of benzene rings is 1. The average molecular weight is 279 g/mol. The maximum atomic E-state index is 12.2. The number of aryl methyl sites for hydroxylation is 2. The van der Waals surface area contributed by atoms with E-state index in [1.54, 1.807) is 17.4 Å². The number of carbonyl (C=O) groups excluding carboxylic acids is 1. The molecule has 2 aromatic rings. The second-order valence-corrected chi connectivity index (χ2v) is 5.97. The molecule has 0 radical (unpaired) electrons. The van der Waals surface area contributed by atoms with Crippen molar-refractivity contribution in [3.05, 3.63) is 56.2 Å². The van der Waals surface area contributed by atoms with Crippen molar-refractivity contribution in [1.82, 2.24) is 0 Å². The average Bonchev–Trinajstić information content (AvgIpc) is 2.76. The van der Waals surface area contributed by atoms with E-state index in [2.05, 4.69) is 13.0 Å². The van der Waals surface area contributed by atoms with Gasteiger partial charge in [0.25, 0.3) is 0 Å². The smallest absolute Gasteiger partial charge is 0.168 e. The van der Waals surface area contributed by atoms with Crippen molar-refractivity contribution in [2.24, 2.45) is 0 Å². The Labute approximate surface area is 116 Å². The zero-order valence-electron chi connectivity index (χ0n) is 10.5. The molecular weight excluding hydrogens is 264 g/mol. The van der Waals surface area contributed by atoms with Crippen LogP contribution in [0.25, 0.3) is 0 Å². The van der Waals surface area contributed by atoms with Crippen LogP contribution in [0.4, 0.5) is 0 Å². The van der Waals surface area contributed by atoms with Crippen LogP contribution < -0.4 is 0 Å². The number of thiophene rings is 1. The molecule has 1 aromatic heterocycles. The summed E-state index contributed by atoms with van der Waals surface area (Å²) in [5.41, 5.74) is 1.71. The molecule has 0 saturated carbocycles. The Kier molecular flexibility index (Phi) is 4.20. The van der Waals surface area contributed by atoms with Crippen LogP contribution in [0.2, 0.25) is 5.02 Å². The summed E-state index contributed by atoms with van der Waals surface area (Å²) in [6.45, 7) is 4.05. The van der Waals surface area contributed by atoms with Gasteiger partial charge in [-0.25, -0.2) is 0 Å². The molecule has 18 heavy (non-hydrogen) atoms. The predicted octanol–water partition coefficient (Wildman–Crippen LogP) is 4.70. The highest BCUT2D eigenvalue weighted by Crippen LogP contribution is 2.21. The Morgan fingerprint density at radius 2 is 1.94 bits per heavy atom. The van der Waals surface area contributed by atoms with Gasteiger partial charge in [0.1, 0.15) is 0 Å². The van der Waals surface area contributed by atoms with Crippen molar-refractivity contribution >= 4 is 28.7 Å². The number of halogens is 1. The summed E-state index contributed by atoms with van der Waals surface area (Å²) < 4.78 is 0. The van der Waals surface area contributed by atoms with E-state index in [4.69, 9.17) is 11.6 Å². The van der Waals surface area contributed by atoms with Crippen LogP contribution in [-0.4, -0.2) is 5.78 Å². The molecule has 1 heterocycles. The van der Waals surface area contributed by atoms with E-state index in [1.807, 2.05) is 25.1 Å². The van der Waals surface area contributed by atoms with Gasteiger partial charge in [-0.15, -0.1) is 11.3 Å². The van der Waals surface area contributed by atoms with Gasteiger partial charge in [-0.2, -0.15) is 0 Å². The molecule has 0 amide bonds. The molecule has 0 aliphatic carbocycles. The molecule has 1 aromatic carbocycles. The fraction of sp³-hybridized carbons (Fsp3) is 0.267. The quantitative estimate of drug-likeness (QED) is 0.741. The van der Waals surface area contributed by atoms with Crippen molar-refractivity contribution < 1.29 is 4.79 Å². The summed E-state index contributed by atoms with van der Waals surface area (Å²) in [5.74, 6) is 0.161. The Bertz CT molecular complexity index is 572. The van der Waals surface area contributed by atoms with Gasteiger partial charge < -0.3 is 0 Å². The second-order valence-electron chi connectivity index (χ2n) is 4.28. The van der Waals surface area contributed by atoms with Crippen LogP contribution in [-0.2, 0) is 12.8 Å². The first kappa shape index (κ1) is 13.3. The molecule has 0 atom stereocenters. The molecule has 94 valence electrons. The molecule has 1 nitrogen and oxygen atoms in total. The topological polar surface area (TPSA) is 17.1 Å². The van der Waals surface area contributed by atoms with Crippen molar-refractivity contribution in [3.8, 4) is 0 Å². The molecule has 0 aliphatic heterocycles. The number of hydrogen-bond donors (Lipinski definition) is 0. The van der Waals surface area contributed by atoms with E-state index in [9.17, 15) is 4.79 Å². The first-order valence-electron chi connectivity index (χ1n) is 5.97. The number of hydrogen-bond acceptors (Lipinski definition) is 2. The van der Waals surface area contributed by atoms with E-state index < -0.39 is 0 Å². The van der Waals surface area contributed by atoms with Crippen LogP contribution in [0.1, 0.15) is 32.6 Å². The molecule has 3 heteroatoms. The fourth-order valence-corrected chi connectivity index (χ4v) is 3.08. The largest absolute Gasteiger partial charge is 0.294 e. The standard InChI is InChI=1S/C15H15ClOS/c1-3-12-5-6-13(18-12)9-15(17)14-7-4-11(16)8-10(14)2/h4-8H,3,9H2,1-2H3. The van der Waals surface area contributed by atoms with E-state index in [-0.39, 0.29) is 5.78 Å². The highest BCUT2D eigenvalue weighted by molar-refractivity contribution is 7.12. The van der Waals surface area contributed by atoms with E-state index in [0.29, 0.717) is 11.4 Å². The molecule has 0 unspecified atom stereocenters. The number of carbonyl (C=O) groups is 1. The molecule has 0 N–H and O–H groups in total. The van der Waals surface area contributed by atoms with Gasteiger partial charge in [-0.3, -0.25) is 4.79 Å². The van der Waals surface area contributed by atoms with Crippen molar-refractivity contribution in [1.29, 1.82) is 0 Å². The molecule has 0 fully saturated rings. The molecular formula is C15H15ClOS. The normalized spacial score (nSPS) is 10.6. The number of Topliss-reactive ketones (excluding diaryl/α,β-unsaturated/α-hetero) is 1. The van der Waals surface area contributed by atoms with Gasteiger partial charge >= 0.3 is 0 Å². The zero-order chi connectivity index (χ0) is 13.1. The van der Waals surface area contributed by atoms with Crippen LogP contribution >= 0.6 is 22.9 Å². The monoisotopic (exact) mass is 278 g/mol. The Balaban J connectivity index is 2.16. The first-order valence-corrected chi connectivity index (χ1v) is 7.16. The Morgan fingerprint density at radius 1 is 1.22 bits per heavy atom. The molecule has 0 bridgehead atoms.